The number of halogens is 9. The number of nitrogens with one attached hydrogen (secondary N) is 1. The fourth-order valence-corrected chi connectivity index (χ4v) is 1.94. The van der Waals surface area contributed by atoms with E-state index in [1.165, 1.54) is 18.2 Å². The number of carbonyl (C=O) groups is 1. The largest absolute Gasteiger partial charge is 0.460 e. The molecular formula is C13H6F9NO. The highest BCUT2D eigenvalue weighted by Gasteiger charge is 2.81. The maximum atomic E-state index is 13.6. The Hall–Kier alpha value is -2.20. The van der Waals surface area contributed by atoms with Gasteiger partial charge in [-0.15, -0.1) is 0 Å². The van der Waals surface area contributed by atoms with Gasteiger partial charge in [0.25, 0.3) is 5.91 Å². The van der Waals surface area contributed by atoms with E-state index in [1.807, 2.05) is 5.32 Å². The van der Waals surface area contributed by atoms with Crippen LogP contribution in [0.4, 0.5) is 45.2 Å². The molecule has 132 valence electrons. The van der Waals surface area contributed by atoms with Crippen molar-refractivity contribution in [2.24, 2.45) is 0 Å². The number of fused-ring (bicyclic) bond motifs is 1. The maximum absolute atomic E-state index is 13.6. The van der Waals surface area contributed by atoms with Gasteiger partial charge in [0.15, 0.2) is 0 Å². The third-order valence-electron chi connectivity index (χ3n) is 3.20. The van der Waals surface area contributed by atoms with E-state index in [-0.39, 0.29) is 11.3 Å². The second-order valence-corrected chi connectivity index (χ2v) is 4.83. The Bertz CT molecular complexity index is 706. The molecule has 24 heavy (non-hydrogen) atoms. The molecule has 0 radical (unpaired) electrons. The van der Waals surface area contributed by atoms with E-state index < -0.39 is 41.5 Å². The lowest BCUT2D eigenvalue weighted by molar-refractivity contribution is -0.388. The molecule has 11 heteroatoms. The molecule has 1 N–H and O–H groups in total. The van der Waals surface area contributed by atoms with Crippen molar-refractivity contribution in [2.45, 2.75) is 23.9 Å². The molecule has 1 aromatic rings. The quantitative estimate of drug-likeness (QED) is 0.622. The Morgan fingerprint density at radius 2 is 1.38 bits per heavy atom. The molecular weight excluding hydrogens is 357 g/mol. The SMILES string of the molecule is O=C1Nc2ccccc2/C1=C\C(F)(F)C(F)(F)C(F)(F)C(F)(F)F. The molecule has 1 amide bonds. The third kappa shape index (κ3) is 2.51. The third-order valence-corrected chi connectivity index (χ3v) is 3.20. The van der Waals surface area contributed by atoms with Gasteiger partial charge < -0.3 is 5.32 Å². The predicted octanol–water partition coefficient (Wildman–Crippen LogP) is 4.49. The molecule has 2 rings (SSSR count). The highest BCUT2D eigenvalue weighted by atomic mass is 19.4. The minimum absolute atomic E-state index is 0.0737. The van der Waals surface area contributed by atoms with Gasteiger partial charge in [-0.25, -0.2) is 0 Å². The first-order valence-electron chi connectivity index (χ1n) is 6.06. The van der Waals surface area contributed by atoms with Crippen LogP contribution in [0.15, 0.2) is 30.3 Å². The fourth-order valence-electron chi connectivity index (χ4n) is 1.94. The van der Waals surface area contributed by atoms with Crippen LogP contribution in [0.2, 0.25) is 0 Å². The van der Waals surface area contributed by atoms with E-state index in [4.69, 9.17) is 0 Å². The number of amides is 1. The van der Waals surface area contributed by atoms with Crippen LogP contribution >= 0.6 is 0 Å². The highest BCUT2D eigenvalue weighted by molar-refractivity contribution is 6.31. The number of hydrogen-bond acceptors (Lipinski definition) is 1. The smallest absolute Gasteiger partial charge is 0.321 e. The lowest BCUT2D eigenvalue weighted by atomic mass is 9.98. The van der Waals surface area contributed by atoms with Gasteiger partial charge >= 0.3 is 23.9 Å². The summed E-state index contributed by atoms with van der Waals surface area (Å²) in [6.45, 7) is 0. The van der Waals surface area contributed by atoms with Crippen LogP contribution in [0.25, 0.3) is 5.57 Å². The van der Waals surface area contributed by atoms with E-state index in [2.05, 4.69) is 0 Å². The van der Waals surface area contributed by atoms with E-state index in [1.54, 1.807) is 0 Å². The summed E-state index contributed by atoms with van der Waals surface area (Å²) in [6, 6.07) is 4.82. The summed E-state index contributed by atoms with van der Waals surface area (Å²) >= 11 is 0. The second kappa shape index (κ2) is 5.15. The number of para-hydroxylation sites is 1. The molecule has 0 aromatic heterocycles. The standard InChI is InChI=1S/C13H6F9NO/c14-10(15,11(16,17)12(18,19)13(20,21)22)5-7-6-3-1-2-4-8(6)23-9(7)24/h1-5H,(H,23,24)/b7-5+. The summed E-state index contributed by atoms with van der Waals surface area (Å²) in [5, 5.41) is 2.00. The molecule has 0 saturated heterocycles. The number of hydrogen-bond donors (Lipinski definition) is 1. The van der Waals surface area contributed by atoms with Crippen LogP contribution in [-0.2, 0) is 4.79 Å². The first-order valence-corrected chi connectivity index (χ1v) is 6.06. The van der Waals surface area contributed by atoms with E-state index in [9.17, 15) is 44.3 Å². The van der Waals surface area contributed by atoms with E-state index >= 15 is 0 Å². The van der Waals surface area contributed by atoms with Gasteiger partial charge in [-0.2, -0.15) is 39.5 Å². The molecule has 2 nitrogen and oxygen atoms in total. The minimum atomic E-state index is -7.00. The molecule has 0 aliphatic carbocycles. The number of anilines is 1. The van der Waals surface area contributed by atoms with Crippen molar-refractivity contribution in [1.82, 2.24) is 0 Å². The van der Waals surface area contributed by atoms with E-state index in [0.717, 1.165) is 6.07 Å². The Labute approximate surface area is 127 Å². The van der Waals surface area contributed by atoms with Gasteiger partial charge in [-0.3, -0.25) is 4.79 Å². The number of carbonyl (C=O) groups excluding carboxylic acids is 1. The van der Waals surface area contributed by atoms with Gasteiger partial charge in [0.1, 0.15) is 0 Å². The van der Waals surface area contributed by atoms with Crippen LogP contribution < -0.4 is 5.32 Å². The Balaban J connectivity index is 2.53. The molecule has 0 unspecified atom stereocenters. The van der Waals surface area contributed by atoms with Crippen molar-refractivity contribution in [3.8, 4) is 0 Å². The zero-order valence-corrected chi connectivity index (χ0v) is 11.2. The normalized spacial score (nSPS) is 17.9. The van der Waals surface area contributed by atoms with E-state index in [0.29, 0.717) is 0 Å². The zero-order valence-electron chi connectivity index (χ0n) is 11.2. The van der Waals surface area contributed by atoms with Crippen LogP contribution in [-0.4, -0.2) is 29.9 Å². The molecule has 0 saturated carbocycles. The number of benzene rings is 1. The van der Waals surface area contributed by atoms with Crippen LogP contribution in [0.3, 0.4) is 0 Å². The summed E-state index contributed by atoms with van der Waals surface area (Å²) in [4.78, 5) is 11.5. The van der Waals surface area contributed by atoms with Crippen molar-refractivity contribution in [1.29, 1.82) is 0 Å². The molecule has 1 aliphatic rings. The van der Waals surface area contributed by atoms with Gasteiger partial charge in [-0.1, -0.05) is 18.2 Å². The van der Waals surface area contributed by atoms with Gasteiger partial charge in [-0.05, 0) is 6.07 Å². The molecule has 1 aromatic carbocycles. The lowest BCUT2D eigenvalue weighted by Crippen LogP contribution is -2.60. The summed E-state index contributed by atoms with van der Waals surface area (Å²) < 4.78 is 115. The van der Waals surface area contributed by atoms with Crippen LogP contribution in [0, 0.1) is 0 Å². The minimum Gasteiger partial charge on any atom is -0.321 e. The molecule has 1 heterocycles. The number of alkyl halides is 9. The molecule has 0 bridgehead atoms. The monoisotopic (exact) mass is 363 g/mol. The van der Waals surface area contributed by atoms with Crippen LogP contribution in [0.5, 0.6) is 0 Å². The first kappa shape index (κ1) is 18.1. The van der Waals surface area contributed by atoms with Crippen molar-refractivity contribution < 1.29 is 44.3 Å². The zero-order chi connectivity index (χ0) is 18.6. The number of allylic oxidation sites excluding steroid dienone is 1. The van der Waals surface area contributed by atoms with Crippen molar-refractivity contribution >= 4 is 17.2 Å². The van der Waals surface area contributed by atoms with Gasteiger partial charge in [0.05, 0.1) is 5.57 Å². The Morgan fingerprint density at radius 3 is 1.92 bits per heavy atom. The highest BCUT2D eigenvalue weighted by Crippen LogP contribution is 2.54. The maximum Gasteiger partial charge on any atom is 0.460 e. The number of rotatable bonds is 3. The van der Waals surface area contributed by atoms with Gasteiger partial charge in [0.2, 0.25) is 0 Å². The Kier molecular flexibility index (Phi) is 3.89. The first-order chi connectivity index (χ1) is 10.7. The fraction of sp³-hybridized carbons (Fsp3) is 0.308. The Morgan fingerprint density at radius 1 is 0.833 bits per heavy atom. The van der Waals surface area contributed by atoms with Crippen LogP contribution in [0.1, 0.15) is 5.56 Å². The molecule has 0 fully saturated rings. The summed E-state index contributed by atoms with van der Waals surface area (Å²) in [7, 11) is 0. The molecule has 0 atom stereocenters. The summed E-state index contributed by atoms with van der Waals surface area (Å²) in [5.74, 6) is -21.1. The van der Waals surface area contributed by atoms with Crippen molar-refractivity contribution in [3.05, 3.63) is 35.9 Å². The predicted molar refractivity (Wildman–Crippen MR) is 63.9 cm³/mol. The van der Waals surface area contributed by atoms with Crippen molar-refractivity contribution in [3.63, 3.8) is 0 Å². The molecule has 1 aliphatic heterocycles. The lowest BCUT2D eigenvalue weighted by Gasteiger charge is -2.32. The summed E-state index contributed by atoms with van der Waals surface area (Å²) in [6.07, 6.45) is -7.79. The topological polar surface area (TPSA) is 29.1 Å². The van der Waals surface area contributed by atoms with Gasteiger partial charge in [0, 0.05) is 17.3 Å². The molecule has 0 spiro atoms. The average Bonchev–Trinajstić information content (AvgIpc) is 2.73. The second-order valence-electron chi connectivity index (χ2n) is 4.83. The summed E-state index contributed by atoms with van der Waals surface area (Å²) in [5.41, 5.74) is -1.53. The average molecular weight is 363 g/mol. The van der Waals surface area contributed by atoms with Crippen molar-refractivity contribution in [2.75, 3.05) is 5.32 Å².